The fourth-order valence-corrected chi connectivity index (χ4v) is 6.45. The molecule has 1 unspecified atom stereocenters. The van der Waals surface area contributed by atoms with Crippen LogP contribution in [-0.4, -0.2) is 12.8 Å². The molecule has 2 aliphatic rings. The molecule has 0 amide bonds. The van der Waals surface area contributed by atoms with E-state index in [4.69, 9.17) is 4.74 Å². The highest BCUT2D eigenvalue weighted by atomic mass is 32.1. The molecular formula is C25H23N2OS+. The number of anilines is 1. The minimum atomic E-state index is -0.547. The average Bonchev–Trinajstić information content (AvgIpc) is 3.17. The molecular weight excluding hydrogens is 376 g/mol. The number of thiophene rings is 1. The van der Waals surface area contributed by atoms with E-state index in [1.807, 2.05) is 11.3 Å². The van der Waals surface area contributed by atoms with Crippen molar-refractivity contribution in [2.75, 3.05) is 11.9 Å². The minimum Gasteiger partial charge on any atom is -0.463 e. The lowest BCUT2D eigenvalue weighted by Crippen LogP contribution is -2.58. The van der Waals surface area contributed by atoms with Gasteiger partial charge in [-0.25, -0.2) is 0 Å². The monoisotopic (exact) mass is 399 g/mol. The van der Waals surface area contributed by atoms with Crippen LogP contribution in [0.5, 0.6) is 5.75 Å². The topological polar surface area (TPSA) is 40.1 Å². The molecule has 4 aromatic rings. The van der Waals surface area contributed by atoms with Gasteiger partial charge in [-0.2, -0.15) is 0 Å². The van der Waals surface area contributed by atoms with Gasteiger partial charge in [0.25, 0.3) is 0 Å². The molecule has 29 heavy (non-hydrogen) atoms. The van der Waals surface area contributed by atoms with Crippen molar-refractivity contribution in [2.24, 2.45) is 0 Å². The lowest BCUT2D eigenvalue weighted by atomic mass is 9.80. The normalized spacial score (nSPS) is 21.6. The Balaban J connectivity index is 1.57. The molecule has 0 saturated heterocycles. The zero-order valence-corrected chi connectivity index (χ0v) is 17.6. The average molecular weight is 400 g/mol. The van der Waals surface area contributed by atoms with E-state index < -0.39 is 5.72 Å². The lowest BCUT2D eigenvalue weighted by Gasteiger charge is -2.46. The van der Waals surface area contributed by atoms with Gasteiger partial charge >= 0.3 is 0 Å². The van der Waals surface area contributed by atoms with Gasteiger partial charge in [0.1, 0.15) is 11.4 Å². The number of quaternary nitrogens is 1. The first-order valence-corrected chi connectivity index (χ1v) is 10.8. The van der Waals surface area contributed by atoms with Crippen LogP contribution in [-0.2, 0) is 5.41 Å². The Kier molecular flexibility index (Phi) is 3.18. The second-order valence-electron chi connectivity index (χ2n) is 8.62. The Bertz CT molecular complexity index is 1350. The minimum absolute atomic E-state index is 0.193. The van der Waals surface area contributed by atoms with Crippen LogP contribution in [0.2, 0.25) is 0 Å². The van der Waals surface area contributed by atoms with E-state index in [0.717, 1.165) is 17.0 Å². The highest BCUT2D eigenvalue weighted by molar-refractivity contribution is 7.20. The Labute approximate surface area is 174 Å². The second kappa shape index (κ2) is 5.41. The van der Waals surface area contributed by atoms with Crippen molar-refractivity contribution in [3.8, 4) is 5.75 Å². The quantitative estimate of drug-likeness (QED) is 0.427. The molecule has 144 valence electrons. The number of fused-ring (bicyclic) bond motifs is 6. The number of rotatable bonds is 0. The van der Waals surface area contributed by atoms with Crippen molar-refractivity contribution in [3.63, 3.8) is 0 Å². The molecule has 3 nitrogen and oxygen atoms in total. The van der Waals surface area contributed by atoms with Gasteiger partial charge in [0, 0.05) is 39.7 Å². The standard InChI is InChI=1S/C25H22N2OS/c1-24(2)23-22(19-14-16(26)9-11-21(19)29-23)27(3)25(24)13-12-18-17-7-5-4-6-15(17)8-10-20(18)28-25/h4-14H,26H2,1-3H3/p+1. The summed E-state index contributed by atoms with van der Waals surface area (Å²) in [7, 11) is 2.16. The van der Waals surface area contributed by atoms with Crippen LogP contribution in [0.15, 0.2) is 60.7 Å². The second-order valence-corrected chi connectivity index (χ2v) is 9.68. The zero-order valence-electron chi connectivity index (χ0n) is 16.8. The van der Waals surface area contributed by atoms with Crippen LogP contribution in [0.4, 0.5) is 11.4 Å². The first-order chi connectivity index (χ1) is 13.9. The van der Waals surface area contributed by atoms with Crippen molar-refractivity contribution in [2.45, 2.75) is 25.0 Å². The fourth-order valence-electron chi connectivity index (χ4n) is 5.09. The van der Waals surface area contributed by atoms with Crippen molar-refractivity contribution in [3.05, 3.63) is 71.1 Å². The van der Waals surface area contributed by atoms with Gasteiger partial charge in [0.15, 0.2) is 0 Å². The van der Waals surface area contributed by atoms with Gasteiger partial charge in [-0.1, -0.05) is 30.3 Å². The lowest BCUT2D eigenvalue weighted by molar-refractivity contribution is -0.254. The van der Waals surface area contributed by atoms with Crippen LogP contribution in [0.25, 0.3) is 26.9 Å². The SMILES string of the molecule is CN1c2c(sc3ccc([NH3+])cc23)C(C)(C)C12C=Cc1c(ccc3ccccc13)O2. The van der Waals surface area contributed by atoms with E-state index in [0.29, 0.717) is 0 Å². The molecule has 0 saturated carbocycles. The summed E-state index contributed by atoms with van der Waals surface area (Å²) >= 11 is 1.87. The van der Waals surface area contributed by atoms with Crippen molar-refractivity contribution < 1.29 is 10.5 Å². The van der Waals surface area contributed by atoms with E-state index in [-0.39, 0.29) is 5.41 Å². The van der Waals surface area contributed by atoms with Gasteiger partial charge in [0.2, 0.25) is 5.72 Å². The molecule has 3 heterocycles. The summed E-state index contributed by atoms with van der Waals surface area (Å²) in [6, 6.07) is 19.2. The summed E-state index contributed by atoms with van der Waals surface area (Å²) in [5.74, 6) is 0.948. The maximum atomic E-state index is 6.87. The van der Waals surface area contributed by atoms with Crippen LogP contribution in [0.3, 0.4) is 0 Å². The Hall–Kier alpha value is -2.82. The number of hydrogen-bond acceptors (Lipinski definition) is 3. The number of hydrogen-bond donors (Lipinski definition) is 1. The van der Waals surface area contributed by atoms with Gasteiger partial charge < -0.3 is 15.4 Å². The van der Waals surface area contributed by atoms with Crippen LogP contribution in [0.1, 0.15) is 24.3 Å². The maximum absolute atomic E-state index is 6.87. The summed E-state index contributed by atoms with van der Waals surface area (Å²) in [6.07, 6.45) is 4.51. The Morgan fingerprint density at radius 1 is 1.00 bits per heavy atom. The Morgan fingerprint density at radius 2 is 1.83 bits per heavy atom. The molecule has 0 radical (unpaired) electrons. The molecule has 6 rings (SSSR count). The number of likely N-dealkylation sites (N-methyl/N-ethyl adjacent to an activating group) is 1. The highest BCUT2D eigenvalue weighted by Gasteiger charge is 2.59. The molecule has 1 spiro atoms. The summed E-state index contributed by atoms with van der Waals surface area (Å²) in [4.78, 5) is 3.70. The molecule has 0 aliphatic carbocycles. The molecule has 4 heteroatoms. The number of benzene rings is 3. The number of nitrogens with zero attached hydrogens (tertiary/aromatic N) is 1. The van der Waals surface area contributed by atoms with E-state index >= 15 is 0 Å². The van der Waals surface area contributed by atoms with Gasteiger partial charge in [-0.05, 0) is 48.9 Å². The molecule has 3 aromatic carbocycles. The van der Waals surface area contributed by atoms with E-state index in [9.17, 15) is 0 Å². The fraction of sp³-hybridized carbons (Fsp3) is 0.200. The third kappa shape index (κ3) is 2.00. The third-order valence-electron chi connectivity index (χ3n) is 6.70. The highest BCUT2D eigenvalue weighted by Crippen LogP contribution is 2.59. The van der Waals surface area contributed by atoms with Crippen molar-refractivity contribution in [1.29, 1.82) is 0 Å². The molecule has 3 N–H and O–H groups in total. The van der Waals surface area contributed by atoms with Crippen LogP contribution >= 0.6 is 11.3 Å². The molecule has 2 aliphatic heterocycles. The first kappa shape index (κ1) is 17.1. The summed E-state index contributed by atoms with van der Waals surface area (Å²) < 4.78 is 8.17. The van der Waals surface area contributed by atoms with Gasteiger partial charge in [-0.15, -0.1) is 11.3 Å². The summed E-state index contributed by atoms with van der Waals surface area (Å²) in [6.45, 7) is 4.60. The van der Waals surface area contributed by atoms with E-state index in [2.05, 4.69) is 98.3 Å². The maximum Gasteiger partial charge on any atom is 0.212 e. The molecule has 0 bridgehead atoms. The molecule has 1 aromatic heterocycles. The molecule has 0 fully saturated rings. The first-order valence-electron chi connectivity index (χ1n) is 9.95. The summed E-state index contributed by atoms with van der Waals surface area (Å²) in [5, 5.41) is 3.74. The van der Waals surface area contributed by atoms with E-state index in [1.165, 1.54) is 31.4 Å². The predicted octanol–water partition coefficient (Wildman–Crippen LogP) is 5.46. The smallest absolute Gasteiger partial charge is 0.212 e. The largest absolute Gasteiger partial charge is 0.463 e. The van der Waals surface area contributed by atoms with Crippen molar-refractivity contribution in [1.82, 2.24) is 0 Å². The number of ether oxygens (including phenoxy) is 1. The van der Waals surface area contributed by atoms with Crippen molar-refractivity contribution >= 4 is 49.6 Å². The Morgan fingerprint density at radius 3 is 2.69 bits per heavy atom. The molecule has 1 atom stereocenters. The third-order valence-corrected chi connectivity index (χ3v) is 8.18. The van der Waals surface area contributed by atoms with Gasteiger partial charge in [-0.3, -0.25) is 0 Å². The van der Waals surface area contributed by atoms with Crippen LogP contribution < -0.4 is 15.4 Å². The van der Waals surface area contributed by atoms with E-state index in [1.54, 1.807) is 0 Å². The van der Waals surface area contributed by atoms with Gasteiger partial charge in [0.05, 0.1) is 11.1 Å². The zero-order chi connectivity index (χ0) is 20.0. The summed E-state index contributed by atoms with van der Waals surface area (Å²) in [5.41, 5.74) is 6.88. The predicted molar refractivity (Wildman–Crippen MR) is 122 cm³/mol. The van der Waals surface area contributed by atoms with Crippen LogP contribution in [0, 0.1) is 0 Å².